The Morgan fingerprint density at radius 2 is 2.06 bits per heavy atom. The fourth-order valence-corrected chi connectivity index (χ4v) is 3.91. The van der Waals surface area contributed by atoms with E-state index in [1.54, 1.807) is 13.8 Å². The average molecular weight is 279 g/mol. The molecule has 0 amide bonds. The first kappa shape index (κ1) is 15.4. The molecule has 0 saturated carbocycles. The van der Waals surface area contributed by atoms with Gasteiger partial charge in [0.2, 0.25) is 10.0 Å². The SMILES string of the molecule is CCC(CC)(NS(=O)(=O)CC1CCCO1)C(=O)O. The zero-order valence-corrected chi connectivity index (χ0v) is 11.6. The molecule has 1 fully saturated rings. The summed E-state index contributed by atoms with van der Waals surface area (Å²) < 4.78 is 31.5. The summed E-state index contributed by atoms with van der Waals surface area (Å²) in [4.78, 5) is 11.2. The number of sulfonamides is 1. The highest BCUT2D eigenvalue weighted by atomic mass is 32.2. The largest absolute Gasteiger partial charge is 0.480 e. The fraction of sp³-hybridized carbons (Fsp3) is 0.909. The minimum absolute atomic E-state index is 0.165. The van der Waals surface area contributed by atoms with Crippen LogP contribution in [0.5, 0.6) is 0 Å². The van der Waals surface area contributed by atoms with Gasteiger partial charge < -0.3 is 9.84 Å². The summed E-state index contributed by atoms with van der Waals surface area (Å²) in [5.74, 6) is -1.30. The maximum atomic E-state index is 12.0. The van der Waals surface area contributed by atoms with E-state index in [1.165, 1.54) is 0 Å². The van der Waals surface area contributed by atoms with Gasteiger partial charge in [-0.05, 0) is 25.7 Å². The first-order valence-corrected chi connectivity index (χ1v) is 7.87. The van der Waals surface area contributed by atoms with Crippen LogP contribution in [0.25, 0.3) is 0 Å². The summed E-state index contributed by atoms with van der Waals surface area (Å²) in [6, 6.07) is 0. The summed E-state index contributed by atoms with van der Waals surface area (Å²) in [6.45, 7) is 3.89. The molecule has 1 unspecified atom stereocenters. The third-order valence-electron chi connectivity index (χ3n) is 3.40. The van der Waals surface area contributed by atoms with Crippen molar-refractivity contribution in [3.05, 3.63) is 0 Å². The highest BCUT2D eigenvalue weighted by Gasteiger charge is 2.39. The first-order chi connectivity index (χ1) is 8.35. The van der Waals surface area contributed by atoms with Gasteiger partial charge in [0.1, 0.15) is 5.54 Å². The van der Waals surface area contributed by atoms with Crippen LogP contribution in [-0.2, 0) is 19.6 Å². The van der Waals surface area contributed by atoms with Crippen LogP contribution in [0.2, 0.25) is 0 Å². The molecule has 1 heterocycles. The van der Waals surface area contributed by atoms with Crippen molar-refractivity contribution in [3.8, 4) is 0 Å². The van der Waals surface area contributed by atoms with Crippen molar-refractivity contribution in [2.45, 2.75) is 51.2 Å². The van der Waals surface area contributed by atoms with E-state index >= 15 is 0 Å². The van der Waals surface area contributed by atoms with Gasteiger partial charge in [0.25, 0.3) is 0 Å². The van der Waals surface area contributed by atoms with Crippen molar-refractivity contribution >= 4 is 16.0 Å². The quantitative estimate of drug-likeness (QED) is 0.716. The second-order valence-electron chi connectivity index (χ2n) is 4.61. The molecule has 0 aliphatic carbocycles. The maximum Gasteiger partial charge on any atom is 0.324 e. The van der Waals surface area contributed by atoms with Gasteiger partial charge in [0, 0.05) is 6.61 Å². The van der Waals surface area contributed by atoms with E-state index in [4.69, 9.17) is 4.74 Å². The molecule has 0 bridgehead atoms. The number of carboxylic acid groups (broad SMARTS) is 1. The molecule has 7 heteroatoms. The Hall–Kier alpha value is -0.660. The molecule has 1 saturated heterocycles. The standard InChI is InChI=1S/C11H21NO5S/c1-3-11(4-2,10(13)14)12-18(15,16)8-9-6-5-7-17-9/h9,12H,3-8H2,1-2H3,(H,13,14). The smallest absolute Gasteiger partial charge is 0.324 e. The van der Waals surface area contributed by atoms with Gasteiger partial charge in [-0.3, -0.25) is 4.79 Å². The van der Waals surface area contributed by atoms with E-state index in [1.807, 2.05) is 0 Å². The van der Waals surface area contributed by atoms with Gasteiger partial charge in [-0.15, -0.1) is 0 Å². The Morgan fingerprint density at radius 3 is 2.44 bits per heavy atom. The molecule has 18 heavy (non-hydrogen) atoms. The molecule has 2 N–H and O–H groups in total. The number of ether oxygens (including phenoxy) is 1. The van der Waals surface area contributed by atoms with Crippen LogP contribution in [0.15, 0.2) is 0 Å². The monoisotopic (exact) mass is 279 g/mol. The lowest BCUT2D eigenvalue weighted by molar-refractivity contribution is -0.144. The Labute approximate surface area is 108 Å². The highest BCUT2D eigenvalue weighted by molar-refractivity contribution is 7.89. The van der Waals surface area contributed by atoms with Gasteiger partial charge >= 0.3 is 5.97 Å². The predicted molar refractivity (Wildman–Crippen MR) is 66.8 cm³/mol. The number of hydrogen-bond donors (Lipinski definition) is 2. The zero-order chi connectivity index (χ0) is 13.8. The Bertz CT molecular complexity index is 382. The van der Waals surface area contributed by atoms with E-state index in [-0.39, 0.29) is 24.7 Å². The third-order valence-corrected chi connectivity index (χ3v) is 4.91. The average Bonchev–Trinajstić information content (AvgIpc) is 2.77. The number of carbonyl (C=O) groups is 1. The van der Waals surface area contributed by atoms with Crippen LogP contribution in [0.3, 0.4) is 0 Å². The molecule has 1 rings (SSSR count). The lowest BCUT2D eigenvalue weighted by atomic mass is 9.95. The van der Waals surface area contributed by atoms with Crippen molar-refractivity contribution in [1.82, 2.24) is 4.72 Å². The van der Waals surface area contributed by atoms with Gasteiger partial charge in [-0.1, -0.05) is 13.8 Å². The molecule has 0 aromatic rings. The van der Waals surface area contributed by atoms with E-state index < -0.39 is 21.5 Å². The van der Waals surface area contributed by atoms with Crippen molar-refractivity contribution in [2.75, 3.05) is 12.4 Å². The van der Waals surface area contributed by atoms with E-state index in [9.17, 15) is 18.3 Å². The summed E-state index contributed by atoms with van der Waals surface area (Å²) >= 11 is 0. The van der Waals surface area contributed by atoms with Crippen LogP contribution in [0, 0.1) is 0 Å². The Morgan fingerprint density at radius 1 is 1.44 bits per heavy atom. The topological polar surface area (TPSA) is 92.7 Å². The molecule has 6 nitrogen and oxygen atoms in total. The summed E-state index contributed by atoms with van der Waals surface area (Å²) in [5.41, 5.74) is -1.41. The number of hydrogen-bond acceptors (Lipinski definition) is 4. The maximum absolute atomic E-state index is 12.0. The normalized spacial score (nSPS) is 21.1. The Balaban J connectivity index is 2.75. The zero-order valence-electron chi connectivity index (χ0n) is 10.8. The molecular weight excluding hydrogens is 258 g/mol. The van der Waals surface area contributed by atoms with Crippen LogP contribution in [-0.4, -0.2) is 43.5 Å². The number of carboxylic acids is 1. The van der Waals surface area contributed by atoms with E-state index in [0.29, 0.717) is 13.0 Å². The molecular formula is C11H21NO5S. The van der Waals surface area contributed by atoms with Crippen LogP contribution < -0.4 is 4.72 Å². The predicted octanol–water partition coefficient (Wildman–Crippen LogP) is 0.728. The van der Waals surface area contributed by atoms with Gasteiger partial charge in [0.05, 0.1) is 11.9 Å². The fourth-order valence-electron chi connectivity index (χ4n) is 2.10. The number of aliphatic carboxylic acids is 1. The molecule has 0 radical (unpaired) electrons. The second-order valence-corrected chi connectivity index (χ2v) is 6.38. The van der Waals surface area contributed by atoms with Crippen LogP contribution >= 0.6 is 0 Å². The summed E-state index contributed by atoms with van der Waals surface area (Å²) in [5, 5.41) is 9.19. The van der Waals surface area contributed by atoms with Crippen LogP contribution in [0.4, 0.5) is 0 Å². The van der Waals surface area contributed by atoms with E-state index in [2.05, 4.69) is 4.72 Å². The molecule has 106 valence electrons. The van der Waals surface area contributed by atoms with Gasteiger partial charge in [-0.25, -0.2) is 8.42 Å². The van der Waals surface area contributed by atoms with Crippen molar-refractivity contribution < 1.29 is 23.1 Å². The van der Waals surface area contributed by atoms with Crippen molar-refractivity contribution in [2.24, 2.45) is 0 Å². The molecule has 0 aromatic carbocycles. The van der Waals surface area contributed by atoms with E-state index in [0.717, 1.165) is 6.42 Å². The molecule has 0 spiro atoms. The van der Waals surface area contributed by atoms with Gasteiger partial charge in [-0.2, -0.15) is 4.72 Å². The van der Waals surface area contributed by atoms with Crippen molar-refractivity contribution in [3.63, 3.8) is 0 Å². The summed E-state index contributed by atoms with van der Waals surface area (Å²) in [7, 11) is -3.65. The second kappa shape index (κ2) is 5.99. The lowest BCUT2D eigenvalue weighted by Gasteiger charge is -2.28. The molecule has 1 aliphatic rings. The minimum atomic E-state index is -3.65. The molecule has 1 atom stereocenters. The van der Waals surface area contributed by atoms with Gasteiger partial charge in [0.15, 0.2) is 0 Å². The summed E-state index contributed by atoms with van der Waals surface area (Å²) in [6.07, 6.45) is 1.67. The number of nitrogens with one attached hydrogen (secondary N) is 1. The van der Waals surface area contributed by atoms with Crippen LogP contribution in [0.1, 0.15) is 39.5 Å². The first-order valence-electron chi connectivity index (χ1n) is 6.22. The lowest BCUT2D eigenvalue weighted by Crippen LogP contribution is -2.54. The third kappa shape index (κ3) is 3.66. The van der Waals surface area contributed by atoms with Crippen molar-refractivity contribution in [1.29, 1.82) is 0 Å². The minimum Gasteiger partial charge on any atom is -0.480 e. The number of rotatable bonds is 7. The Kier molecular flexibility index (Phi) is 5.12. The molecule has 1 aliphatic heterocycles. The molecule has 0 aromatic heterocycles. The highest BCUT2D eigenvalue weighted by Crippen LogP contribution is 2.19.